The van der Waals surface area contributed by atoms with Crippen molar-refractivity contribution in [1.29, 1.82) is 0 Å². The largest absolute Gasteiger partial charge is 0.409 e. The number of amidine groups is 1. The Labute approximate surface area is 106 Å². The van der Waals surface area contributed by atoms with Gasteiger partial charge < -0.3 is 21.4 Å². The lowest BCUT2D eigenvalue weighted by Crippen LogP contribution is -2.28. The second-order valence-corrected chi connectivity index (χ2v) is 4.57. The molecule has 5 N–H and O–H groups in total. The average Bonchev–Trinajstić information content (AvgIpc) is 3.22. The van der Waals surface area contributed by atoms with Crippen LogP contribution in [0.2, 0.25) is 0 Å². The van der Waals surface area contributed by atoms with Crippen molar-refractivity contribution < 1.29 is 10.3 Å². The number of aliphatic hydroxyl groups excluding tert-OH is 1. The summed E-state index contributed by atoms with van der Waals surface area (Å²) in [5.74, 6) is 0.470. The van der Waals surface area contributed by atoms with Gasteiger partial charge in [0.05, 0.1) is 6.10 Å². The van der Waals surface area contributed by atoms with Gasteiger partial charge in [-0.25, -0.2) is 0 Å². The summed E-state index contributed by atoms with van der Waals surface area (Å²) in [7, 11) is 0. The number of aliphatic hydroxyl groups is 1. The number of nitrogens with zero attached hydrogens (tertiary/aromatic N) is 2. The Morgan fingerprint density at radius 3 is 3.06 bits per heavy atom. The molecule has 0 aromatic carbocycles. The summed E-state index contributed by atoms with van der Waals surface area (Å²) < 4.78 is 0. The van der Waals surface area contributed by atoms with Crippen LogP contribution in [0.1, 0.15) is 24.1 Å². The molecular formula is C12H18N4O2. The van der Waals surface area contributed by atoms with Crippen LogP contribution >= 0.6 is 0 Å². The highest BCUT2D eigenvalue weighted by Gasteiger charge is 2.28. The first-order valence-electron chi connectivity index (χ1n) is 6.02. The van der Waals surface area contributed by atoms with E-state index in [0.717, 1.165) is 18.4 Å². The minimum absolute atomic E-state index is 0.00475. The van der Waals surface area contributed by atoms with Crippen molar-refractivity contribution >= 4 is 5.84 Å². The van der Waals surface area contributed by atoms with Gasteiger partial charge in [-0.05, 0) is 36.5 Å². The van der Waals surface area contributed by atoms with E-state index in [1.807, 2.05) is 6.07 Å². The van der Waals surface area contributed by atoms with Crippen LogP contribution in [0.4, 0.5) is 0 Å². The topological polar surface area (TPSA) is 104 Å². The molecular weight excluding hydrogens is 232 g/mol. The molecule has 98 valence electrons. The maximum Gasteiger partial charge on any atom is 0.188 e. The van der Waals surface area contributed by atoms with Crippen molar-refractivity contribution in [1.82, 2.24) is 10.3 Å². The van der Waals surface area contributed by atoms with E-state index >= 15 is 0 Å². The predicted molar refractivity (Wildman–Crippen MR) is 67.2 cm³/mol. The number of hydrogen-bond acceptors (Lipinski definition) is 5. The molecule has 1 aliphatic carbocycles. The first-order valence-corrected chi connectivity index (χ1v) is 6.02. The van der Waals surface area contributed by atoms with E-state index in [9.17, 15) is 5.11 Å². The van der Waals surface area contributed by atoms with Crippen molar-refractivity contribution in [3.8, 4) is 0 Å². The molecule has 0 bridgehead atoms. The monoisotopic (exact) mass is 250 g/mol. The Hall–Kier alpha value is -1.66. The van der Waals surface area contributed by atoms with Crippen molar-refractivity contribution in [3.05, 3.63) is 29.6 Å². The minimum Gasteiger partial charge on any atom is -0.409 e. The summed E-state index contributed by atoms with van der Waals surface area (Å²) in [5, 5.41) is 24.4. The molecule has 1 aliphatic rings. The van der Waals surface area contributed by atoms with Crippen LogP contribution in [-0.4, -0.2) is 33.8 Å². The molecule has 1 unspecified atom stereocenters. The number of oxime groups is 1. The SMILES string of the molecule is NC(=NO)c1cc(CNCC(O)C2CC2)ccn1. The fraction of sp³-hybridized carbons (Fsp3) is 0.500. The molecule has 1 aromatic rings. The highest BCUT2D eigenvalue weighted by molar-refractivity contribution is 5.95. The zero-order valence-corrected chi connectivity index (χ0v) is 10.1. The zero-order chi connectivity index (χ0) is 13.0. The first-order chi connectivity index (χ1) is 8.70. The van der Waals surface area contributed by atoms with Crippen LogP contribution in [0.15, 0.2) is 23.5 Å². The van der Waals surface area contributed by atoms with Gasteiger partial charge in [0.25, 0.3) is 0 Å². The van der Waals surface area contributed by atoms with Gasteiger partial charge in [-0.15, -0.1) is 0 Å². The van der Waals surface area contributed by atoms with Gasteiger partial charge in [-0.3, -0.25) is 4.98 Å². The van der Waals surface area contributed by atoms with E-state index in [-0.39, 0.29) is 11.9 Å². The van der Waals surface area contributed by atoms with Crippen LogP contribution in [0.3, 0.4) is 0 Å². The highest BCUT2D eigenvalue weighted by atomic mass is 16.4. The molecule has 1 fully saturated rings. The van der Waals surface area contributed by atoms with Gasteiger partial charge in [0.1, 0.15) is 5.69 Å². The first kappa shape index (κ1) is 12.8. The molecule has 0 amide bonds. The number of nitrogens with two attached hydrogens (primary N) is 1. The summed E-state index contributed by atoms with van der Waals surface area (Å²) in [6.45, 7) is 1.21. The lowest BCUT2D eigenvalue weighted by molar-refractivity contribution is 0.148. The molecule has 0 saturated heterocycles. The standard InChI is InChI=1S/C12H18N4O2/c13-12(16-18)10-5-8(3-4-15-10)6-14-7-11(17)9-1-2-9/h3-5,9,11,14,17-18H,1-2,6-7H2,(H2,13,16). The highest BCUT2D eigenvalue weighted by Crippen LogP contribution is 2.32. The predicted octanol–water partition coefficient (Wildman–Crippen LogP) is 0.0366. The third-order valence-electron chi connectivity index (χ3n) is 3.04. The fourth-order valence-corrected chi connectivity index (χ4v) is 1.79. The third kappa shape index (κ3) is 3.41. The second kappa shape index (κ2) is 5.79. The Balaban J connectivity index is 1.85. The summed E-state index contributed by atoms with van der Waals surface area (Å²) in [6, 6.07) is 3.61. The molecule has 6 nitrogen and oxygen atoms in total. The molecule has 1 heterocycles. The van der Waals surface area contributed by atoms with Crippen LogP contribution in [0.25, 0.3) is 0 Å². The van der Waals surface area contributed by atoms with E-state index in [1.165, 1.54) is 0 Å². The Kier molecular flexibility index (Phi) is 4.11. The van der Waals surface area contributed by atoms with Gasteiger partial charge >= 0.3 is 0 Å². The number of aromatic nitrogens is 1. The van der Waals surface area contributed by atoms with Crippen LogP contribution in [-0.2, 0) is 6.54 Å². The summed E-state index contributed by atoms with van der Waals surface area (Å²) in [6.07, 6.45) is 3.62. The molecule has 1 saturated carbocycles. The van der Waals surface area contributed by atoms with Gasteiger partial charge in [0, 0.05) is 19.3 Å². The van der Waals surface area contributed by atoms with E-state index in [1.54, 1.807) is 12.3 Å². The molecule has 0 spiro atoms. The molecule has 2 rings (SSSR count). The number of nitrogens with one attached hydrogen (secondary N) is 1. The van der Waals surface area contributed by atoms with E-state index in [2.05, 4.69) is 15.5 Å². The van der Waals surface area contributed by atoms with Crippen molar-refractivity contribution in [3.63, 3.8) is 0 Å². The Morgan fingerprint density at radius 2 is 2.39 bits per heavy atom. The molecule has 1 atom stereocenters. The summed E-state index contributed by atoms with van der Waals surface area (Å²) >= 11 is 0. The van der Waals surface area contributed by atoms with Gasteiger partial charge in [-0.2, -0.15) is 0 Å². The molecule has 0 aliphatic heterocycles. The molecule has 0 radical (unpaired) electrons. The van der Waals surface area contributed by atoms with Gasteiger partial charge in [-0.1, -0.05) is 5.16 Å². The van der Waals surface area contributed by atoms with Gasteiger partial charge in [0.2, 0.25) is 0 Å². The maximum absolute atomic E-state index is 9.70. The lowest BCUT2D eigenvalue weighted by atomic mass is 10.2. The minimum atomic E-state index is -0.254. The quantitative estimate of drug-likeness (QED) is 0.247. The Bertz CT molecular complexity index is 432. The van der Waals surface area contributed by atoms with Gasteiger partial charge in [0.15, 0.2) is 5.84 Å². The summed E-state index contributed by atoms with van der Waals surface area (Å²) in [4.78, 5) is 4.00. The van der Waals surface area contributed by atoms with Crippen molar-refractivity contribution in [2.75, 3.05) is 6.54 Å². The second-order valence-electron chi connectivity index (χ2n) is 4.57. The smallest absolute Gasteiger partial charge is 0.188 e. The molecule has 18 heavy (non-hydrogen) atoms. The number of rotatable bonds is 6. The lowest BCUT2D eigenvalue weighted by Gasteiger charge is -2.10. The number of pyridine rings is 1. The number of hydrogen-bond donors (Lipinski definition) is 4. The van der Waals surface area contributed by atoms with Crippen molar-refractivity contribution in [2.24, 2.45) is 16.8 Å². The fourth-order valence-electron chi connectivity index (χ4n) is 1.79. The van der Waals surface area contributed by atoms with Crippen LogP contribution in [0.5, 0.6) is 0 Å². The van der Waals surface area contributed by atoms with Crippen molar-refractivity contribution in [2.45, 2.75) is 25.5 Å². The van der Waals surface area contributed by atoms with Crippen LogP contribution < -0.4 is 11.1 Å². The summed E-state index contributed by atoms with van der Waals surface area (Å²) in [5.41, 5.74) is 6.89. The maximum atomic E-state index is 9.70. The third-order valence-corrected chi connectivity index (χ3v) is 3.04. The zero-order valence-electron chi connectivity index (χ0n) is 10.1. The normalized spacial score (nSPS) is 17.7. The average molecular weight is 250 g/mol. The Morgan fingerprint density at radius 1 is 1.61 bits per heavy atom. The van der Waals surface area contributed by atoms with Crippen LogP contribution in [0, 0.1) is 5.92 Å². The molecule has 1 aromatic heterocycles. The van der Waals surface area contributed by atoms with E-state index in [0.29, 0.717) is 24.7 Å². The molecule has 6 heteroatoms. The van der Waals surface area contributed by atoms with E-state index in [4.69, 9.17) is 10.9 Å². The van der Waals surface area contributed by atoms with E-state index < -0.39 is 0 Å².